The highest BCUT2D eigenvalue weighted by Crippen LogP contribution is 2.25. The topological polar surface area (TPSA) is 52.5 Å². The first-order valence-corrected chi connectivity index (χ1v) is 5.28. The molecular formula is C9H11BrClNO2. The fourth-order valence-electron chi connectivity index (χ4n) is 0.925. The third-order valence-corrected chi connectivity index (χ3v) is 2.48. The summed E-state index contributed by atoms with van der Waals surface area (Å²) in [7, 11) is 0. The molecule has 1 aromatic rings. The van der Waals surface area contributed by atoms with E-state index in [1.165, 1.54) is 0 Å². The molecule has 1 atom stereocenters. The Morgan fingerprint density at radius 3 is 2.79 bits per heavy atom. The normalized spacial score (nSPS) is 12.6. The van der Waals surface area contributed by atoms with Crippen LogP contribution in [-0.4, -0.2) is 29.5 Å². The van der Waals surface area contributed by atoms with E-state index in [9.17, 15) is 0 Å². The molecule has 0 saturated carbocycles. The molecule has 1 unspecified atom stereocenters. The maximum Gasteiger partial charge on any atom is 0.0942 e. The molecule has 0 aliphatic carbocycles. The van der Waals surface area contributed by atoms with Crippen LogP contribution in [-0.2, 0) is 0 Å². The van der Waals surface area contributed by atoms with Crippen LogP contribution in [0.15, 0.2) is 22.7 Å². The molecule has 0 radical (unpaired) electrons. The highest BCUT2D eigenvalue weighted by molar-refractivity contribution is 9.10. The van der Waals surface area contributed by atoms with Gasteiger partial charge < -0.3 is 15.5 Å². The Kier molecular flexibility index (Phi) is 4.68. The van der Waals surface area contributed by atoms with E-state index in [0.29, 0.717) is 5.02 Å². The average molecular weight is 281 g/mol. The van der Waals surface area contributed by atoms with E-state index < -0.39 is 6.10 Å². The molecule has 14 heavy (non-hydrogen) atoms. The summed E-state index contributed by atoms with van der Waals surface area (Å²) in [6.07, 6.45) is -0.769. The molecule has 0 spiro atoms. The van der Waals surface area contributed by atoms with Crippen molar-refractivity contribution in [3.63, 3.8) is 0 Å². The van der Waals surface area contributed by atoms with Crippen LogP contribution in [0.2, 0.25) is 5.02 Å². The second-order valence-corrected chi connectivity index (χ2v) is 4.16. The number of benzene rings is 1. The molecule has 0 aromatic heterocycles. The molecule has 0 aliphatic heterocycles. The minimum Gasteiger partial charge on any atom is -0.394 e. The first kappa shape index (κ1) is 11.8. The SMILES string of the molecule is OCC(O)CNc1ccc(Br)cc1Cl. The first-order valence-electron chi connectivity index (χ1n) is 4.11. The van der Waals surface area contributed by atoms with Crippen LogP contribution in [0.25, 0.3) is 0 Å². The van der Waals surface area contributed by atoms with Gasteiger partial charge in [-0.15, -0.1) is 0 Å². The highest BCUT2D eigenvalue weighted by atomic mass is 79.9. The zero-order chi connectivity index (χ0) is 10.6. The second kappa shape index (κ2) is 5.56. The minimum atomic E-state index is -0.769. The van der Waals surface area contributed by atoms with Gasteiger partial charge in [-0.05, 0) is 18.2 Å². The van der Waals surface area contributed by atoms with Crippen molar-refractivity contribution in [2.24, 2.45) is 0 Å². The molecule has 0 heterocycles. The monoisotopic (exact) mass is 279 g/mol. The molecule has 5 heteroatoms. The van der Waals surface area contributed by atoms with Gasteiger partial charge in [0.2, 0.25) is 0 Å². The van der Waals surface area contributed by atoms with Gasteiger partial charge in [-0.1, -0.05) is 27.5 Å². The van der Waals surface area contributed by atoms with E-state index in [2.05, 4.69) is 21.2 Å². The predicted molar refractivity (Wildman–Crippen MR) is 60.7 cm³/mol. The Bertz CT molecular complexity index is 309. The summed E-state index contributed by atoms with van der Waals surface area (Å²) in [5.74, 6) is 0. The fourth-order valence-corrected chi connectivity index (χ4v) is 1.67. The molecule has 1 aromatic carbocycles. The van der Waals surface area contributed by atoms with E-state index >= 15 is 0 Å². The van der Waals surface area contributed by atoms with Crippen LogP contribution in [0.5, 0.6) is 0 Å². The summed E-state index contributed by atoms with van der Waals surface area (Å²) in [6, 6.07) is 5.41. The number of nitrogens with one attached hydrogen (secondary N) is 1. The number of hydrogen-bond donors (Lipinski definition) is 3. The quantitative estimate of drug-likeness (QED) is 0.789. The number of rotatable bonds is 4. The lowest BCUT2D eigenvalue weighted by Gasteiger charge is -2.11. The zero-order valence-corrected chi connectivity index (χ0v) is 9.72. The van der Waals surface area contributed by atoms with Gasteiger partial charge in [0.15, 0.2) is 0 Å². The van der Waals surface area contributed by atoms with E-state index in [-0.39, 0.29) is 13.2 Å². The lowest BCUT2D eigenvalue weighted by molar-refractivity contribution is 0.105. The number of aliphatic hydroxyl groups excluding tert-OH is 2. The number of halogens is 2. The molecule has 0 fully saturated rings. The molecule has 3 nitrogen and oxygen atoms in total. The van der Waals surface area contributed by atoms with Gasteiger partial charge in [0, 0.05) is 11.0 Å². The standard InChI is InChI=1S/C9H11BrClNO2/c10-6-1-2-9(8(11)3-6)12-4-7(14)5-13/h1-3,7,12-14H,4-5H2. The van der Waals surface area contributed by atoms with Crippen LogP contribution >= 0.6 is 27.5 Å². The lowest BCUT2D eigenvalue weighted by atomic mass is 10.3. The zero-order valence-electron chi connectivity index (χ0n) is 7.37. The Hall–Kier alpha value is -0.290. The number of aliphatic hydroxyl groups is 2. The van der Waals surface area contributed by atoms with Gasteiger partial charge in [-0.25, -0.2) is 0 Å². The van der Waals surface area contributed by atoms with Crippen molar-refractivity contribution in [2.45, 2.75) is 6.10 Å². The van der Waals surface area contributed by atoms with Crippen molar-refractivity contribution in [2.75, 3.05) is 18.5 Å². The largest absolute Gasteiger partial charge is 0.394 e. The van der Waals surface area contributed by atoms with Gasteiger partial charge in [0.05, 0.1) is 23.4 Å². The fraction of sp³-hybridized carbons (Fsp3) is 0.333. The summed E-state index contributed by atoms with van der Waals surface area (Å²) >= 11 is 9.21. The van der Waals surface area contributed by atoms with Gasteiger partial charge >= 0.3 is 0 Å². The molecule has 0 bridgehead atoms. The Morgan fingerprint density at radius 2 is 2.21 bits per heavy atom. The Labute approximate surface area is 95.8 Å². The van der Waals surface area contributed by atoms with Crippen molar-refractivity contribution in [1.82, 2.24) is 0 Å². The molecular weight excluding hydrogens is 269 g/mol. The maximum atomic E-state index is 9.10. The summed E-state index contributed by atoms with van der Waals surface area (Å²) < 4.78 is 0.899. The molecule has 3 N–H and O–H groups in total. The predicted octanol–water partition coefficient (Wildman–Crippen LogP) is 1.87. The molecule has 1 rings (SSSR count). The average Bonchev–Trinajstić information content (AvgIpc) is 2.16. The molecule has 78 valence electrons. The van der Waals surface area contributed by atoms with Crippen molar-refractivity contribution in [1.29, 1.82) is 0 Å². The first-order chi connectivity index (χ1) is 6.63. The molecule has 0 saturated heterocycles. The molecule has 0 amide bonds. The lowest BCUT2D eigenvalue weighted by Crippen LogP contribution is -2.22. The van der Waals surface area contributed by atoms with E-state index in [0.717, 1.165) is 10.2 Å². The summed E-state index contributed by atoms with van der Waals surface area (Å²) in [5, 5.41) is 21.2. The summed E-state index contributed by atoms with van der Waals surface area (Å²) in [6.45, 7) is 0.0129. The van der Waals surface area contributed by atoms with Gasteiger partial charge in [-0.2, -0.15) is 0 Å². The Morgan fingerprint density at radius 1 is 1.50 bits per heavy atom. The van der Waals surface area contributed by atoms with E-state index in [4.69, 9.17) is 21.8 Å². The number of hydrogen-bond acceptors (Lipinski definition) is 3. The van der Waals surface area contributed by atoms with Crippen molar-refractivity contribution in [3.8, 4) is 0 Å². The summed E-state index contributed by atoms with van der Waals surface area (Å²) in [4.78, 5) is 0. The van der Waals surface area contributed by atoms with Gasteiger partial charge in [-0.3, -0.25) is 0 Å². The second-order valence-electron chi connectivity index (χ2n) is 2.84. The Balaban J connectivity index is 2.59. The van der Waals surface area contributed by atoms with Crippen LogP contribution in [0.1, 0.15) is 0 Å². The van der Waals surface area contributed by atoms with E-state index in [1.54, 1.807) is 12.1 Å². The van der Waals surface area contributed by atoms with Crippen LogP contribution in [0, 0.1) is 0 Å². The van der Waals surface area contributed by atoms with E-state index in [1.807, 2.05) is 6.07 Å². The maximum absolute atomic E-state index is 9.10. The molecule has 0 aliphatic rings. The van der Waals surface area contributed by atoms with Crippen LogP contribution < -0.4 is 5.32 Å². The summed E-state index contributed by atoms with van der Waals surface area (Å²) in [5.41, 5.74) is 0.738. The van der Waals surface area contributed by atoms with Crippen LogP contribution in [0.3, 0.4) is 0 Å². The third kappa shape index (κ3) is 3.46. The smallest absolute Gasteiger partial charge is 0.0942 e. The highest BCUT2D eigenvalue weighted by Gasteiger charge is 2.04. The third-order valence-electron chi connectivity index (χ3n) is 1.67. The van der Waals surface area contributed by atoms with Crippen molar-refractivity contribution < 1.29 is 10.2 Å². The van der Waals surface area contributed by atoms with Crippen molar-refractivity contribution >= 4 is 33.2 Å². The van der Waals surface area contributed by atoms with Crippen LogP contribution in [0.4, 0.5) is 5.69 Å². The van der Waals surface area contributed by atoms with Crippen molar-refractivity contribution in [3.05, 3.63) is 27.7 Å². The minimum absolute atomic E-state index is 0.263. The van der Waals surface area contributed by atoms with Gasteiger partial charge in [0.1, 0.15) is 0 Å². The van der Waals surface area contributed by atoms with Gasteiger partial charge in [0.25, 0.3) is 0 Å². The number of anilines is 1.